The van der Waals surface area contributed by atoms with Gasteiger partial charge in [-0.15, -0.1) is 0 Å². The molecule has 0 aliphatic carbocycles. The third kappa shape index (κ3) is 7.19. The van der Waals surface area contributed by atoms with Crippen molar-refractivity contribution in [1.29, 1.82) is 0 Å². The van der Waals surface area contributed by atoms with Gasteiger partial charge in [0.05, 0.1) is 0 Å². The van der Waals surface area contributed by atoms with Crippen LogP contribution in [0.1, 0.15) is 30.1 Å². The Morgan fingerprint density at radius 3 is 2.30 bits per heavy atom. The SMILES string of the molecule is CC(OC(=O)CCCNC(=O)c1ccc(Cl)cc1)C(=O)Nc1ccccc1-c1ccccc1. The molecule has 0 spiro atoms. The molecule has 2 N–H and O–H groups in total. The lowest BCUT2D eigenvalue weighted by molar-refractivity contribution is -0.153. The quantitative estimate of drug-likeness (QED) is 0.341. The highest BCUT2D eigenvalue weighted by Crippen LogP contribution is 2.27. The van der Waals surface area contributed by atoms with E-state index in [0.29, 0.717) is 29.2 Å². The second-order valence-electron chi connectivity index (χ2n) is 7.40. The lowest BCUT2D eigenvalue weighted by Gasteiger charge is -2.16. The topological polar surface area (TPSA) is 84.5 Å². The molecule has 3 aromatic carbocycles. The highest BCUT2D eigenvalue weighted by atomic mass is 35.5. The third-order valence-corrected chi connectivity index (χ3v) is 5.15. The Bertz CT molecular complexity index is 1100. The molecule has 0 radical (unpaired) electrons. The lowest BCUT2D eigenvalue weighted by Crippen LogP contribution is -2.30. The van der Waals surface area contributed by atoms with Crippen LogP contribution in [0.2, 0.25) is 5.02 Å². The van der Waals surface area contributed by atoms with Crippen molar-refractivity contribution in [2.45, 2.75) is 25.9 Å². The standard InChI is InChI=1S/C26H25ClN2O4/c1-18(25(31)29-23-11-6-5-10-22(23)19-8-3-2-4-9-19)33-24(30)12-7-17-28-26(32)20-13-15-21(27)16-14-20/h2-6,8-11,13-16,18H,7,12,17H2,1H3,(H,28,32)(H,29,31). The molecule has 170 valence electrons. The van der Waals surface area contributed by atoms with E-state index in [9.17, 15) is 14.4 Å². The minimum atomic E-state index is -0.954. The minimum Gasteiger partial charge on any atom is -0.453 e. The van der Waals surface area contributed by atoms with Gasteiger partial charge in [0, 0.05) is 34.8 Å². The van der Waals surface area contributed by atoms with Gasteiger partial charge in [-0.05, 0) is 49.2 Å². The fourth-order valence-corrected chi connectivity index (χ4v) is 3.27. The number of hydrogen-bond acceptors (Lipinski definition) is 4. The summed E-state index contributed by atoms with van der Waals surface area (Å²) < 4.78 is 5.26. The number of carbonyl (C=O) groups is 3. The minimum absolute atomic E-state index is 0.0825. The summed E-state index contributed by atoms with van der Waals surface area (Å²) in [4.78, 5) is 36.7. The van der Waals surface area contributed by atoms with Crippen LogP contribution >= 0.6 is 11.6 Å². The van der Waals surface area contributed by atoms with Crippen LogP contribution in [0.4, 0.5) is 5.69 Å². The van der Waals surface area contributed by atoms with E-state index in [4.69, 9.17) is 16.3 Å². The Balaban J connectivity index is 1.44. The molecule has 2 amide bonds. The average molecular weight is 465 g/mol. The number of amides is 2. The Labute approximate surface area is 197 Å². The number of rotatable bonds is 9. The molecule has 0 aliphatic heterocycles. The third-order valence-electron chi connectivity index (χ3n) is 4.90. The summed E-state index contributed by atoms with van der Waals surface area (Å²) in [5.41, 5.74) is 2.98. The molecule has 33 heavy (non-hydrogen) atoms. The van der Waals surface area contributed by atoms with Crippen molar-refractivity contribution in [2.75, 3.05) is 11.9 Å². The molecule has 0 saturated heterocycles. The zero-order valence-corrected chi connectivity index (χ0v) is 19.0. The Morgan fingerprint density at radius 2 is 1.58 bits per heavy atom. The van der Waals surface area contributed by atoms with Crippen LogP contribution in [-0.2, 0) is 14.3 Å². The van der Waals surface area contributed by atoms with Gasteiger partial charge >= 0.3 is 5.97 Å². The summed E-state index contributed by atoms with van der Waals surface area (Å²) in [5.74, 6) is -1.16. The van der Waals surface area contributed by atoms with Crippen LogP contribution in [-0.4, -0.2) is 30.4 Å². The van der Waals surface area contributed by atoms with Gasteiger partial charge in [-0.25, -0.2) is 0 Å². The van der Waals surface area contributed by atoms with Crippen molar-refractivity contribution in [3.63, 3.8) is 0 Å². The number of para-hydroxylation sites is 1. The van der Waals surface area contributed by atoms with E-state index in [-0.39, 0.29) is 12.3 Å². The van der Waals surface area contributed by atoms with E-state index in [1.807, 2.05) is 48.5 Å². The van der Waals surface area contributed by atoms with E-state index in [1.165, 1.54) is 6.92 Å². The average Bonchev–Trinajstić information content (AvgIpc) is 2.83. The van der Waals surface area contributed by atoms with Crippen LogP contribution in [0.15, 0.2) is 78.9 Å². The first-order valence-electron chi connectivity index (χ1n) is 10.6. The van der Waals surface area contributed by atoms with Crippen molar-refractivity contribution in [3.05, 3.63) is 89.4 Å². The van der Waals surface area contributed by atoms with Gasteiger partial charge in [-0.3, -0.25) is 14.4 Å². The fourth-order valence-electron chi connectivity index (χ4n) is 3.14. The normalized spacial score (nSPS) is 11.3. The number of benzene rings is 3. The van der Waals surface area contributed by atoms with Crippen LogP contribution < -0.4 is 10.6 Å². The second-order valence-corrected chi connectivity index (χ2v) is 7.84. The zero-order valence-electron chi connectivity index (χ0n) is 18.2. The molecule has 7 heteroatoms. The van der Waals surface area contributed by atoms with Crippen LogP contribution in [0.5, 0.6) is 0 Å². The number of ether oxygens (including phenoxy) is 1. The Morgan fingerprint density at radius 1 is 0.909 bits per heavy atom. The van der Waals surface area contributed by atoms with Gasteiger partial charge in [0.2, 0.25) is 0 Å². The summed E-state index contributed by atoms with van der Waals surface area (Å²) in [6.45, 7) is 1.84. The van der Waals surface area contributed by atoms with E-state index in [0.717, 1.165) is 11.1 Å². The van der Waals surface area contributed by atoms with Crippen molar-refractivity contribution in [2.24, 2.45) is 0 Å². The first-order valence-corrected chi connectivity index (χ1v) is 11.0. The maximum absolute atomic E-state index is 12.6. The summed E-state index contributed by atoms with van der Waals surface area (Å²) >= 11 is 5.81. The maximum atomic E-state index is 12.6. The molecule has 0 bridgehead atoms. The predicted molar refractivity (Wildman–Crippen MR) is 129 cm³/mol. The van der Waals surface area contributed by atoms with Crippen molar-refractivity contribution in [1.82, 2.24) is 5.32 Å². The molecule has 0 heterocycles. The molecule has 6 nitrogen and oxygen atoms in total. The number of halogens is 1. The predicted octanol–water partition coefficient (Wildman–Crippen LogP) is 5.09. The number of anilines is 1. The maximum Gasteiger partial charge on any atom is 0.306 e. The van der Waals surface area contributed by atoms with Gasteiger partial charge in [0.15, 0.2) is 6.10 Å². The fraction of sp³-hybridized carbons (Fsp3) is 0.192. The van der Waals surface area contributed by atoms with Gasteiger partial charge < -0.3 is 15.4 Å². The van der Waals surface area contributed by atoms with Crippen molar-refractivity contribution < 1.29 is 19.1 Å². The number of nitrogens with one attached hydrogen (secondary N) is 2. The second kappa shape index (κ2) is 11.8. The van der Waals surface area contributed by atoms with E-state index in [2.05, 4.69) is 10.6 Å². The van der Waals surface area contributed by atoms with Crippen LogP contribution in [0, 0.1) is 0 Å². The molecule has 0 fully saturated rings. The van der Waals surface area contributed by atoms with Gasteiger partial charge in [0.1, 0.15) is 0 Å². The molecule has 3 aromatic rings. The summed E-state index contributed by atoms with van der Waals surface area (Å²) in [7, 11) is 0. The summed E-state index contributed by atoms with van der Waals surface area (Å²) in [6, 6.07) is 23.7. The van der Waals surface area contributed by atoms with Gasteiger partial charge in [0.25, 0.3) is 11.8 Å². The number of carbonyl (C=O) groups excluding carboxylic acids is 3. The lowest BCUT2D eigenvalue weighted by atomic mass is 10.0. The molecule has 3 rings (SSSR count). The van der Waals surface area contributed by atoms with Crippen LogP contribution in [0.3, 0.4) is 0 Å². The smallest absolute Gasteiger partial charge is 0.306 e. The summed E-state index contributed by atoms with van der Waals surface area (Å²) in [6.07, 6.45) is -0.479. The Hall–Kier alpha value is -3.64. The molecule has 0 saturated carbocycles. The van der Waals surface area contributed by atoms with E-state index in [1.54, 1.807) is 30.3 Å². The van der Waals surface area contributed by atoms with Crippen molar-refractivity contribution >= 4 is 35.1 Å². The first kappa shape index (κ1) is 24.0. The molecule has 1 atom stereocenters. The first-order chi connectivity index (χ1) is 15.9. The zero-order chi connectivity index (χ0) is 23.6. The number of hydrogen-bond donors (Lipinski definition) is 2. The number of esters is 1. The summed E-state index contributed by atoms with van der Waals surface area (Å²) in [5, 5.41) is 6.12. The molecule has 1 unspecified atom stereocenters. The van der Waals surface area contributed by atoms with Gasteiger partial charge in [-0.2, -0.15) is 0 Å². The van der Waals surface area contributed by atoms with E-state index < -0.39 is 18.0 Å². The van der Waals surface area contributed by atoms with Crippen LogP contribution in [0.25, 0.3) is 11.1 Å². The largest absolute Gasteiger partial charge is 0.453 e. The Kier molecular flexibility index (Phi) is 8.61. The molecular weight excluding hydrogens is 440 g/mol. The van der Waals surface area contributed by atoms with E-state index >= 15 is 0 Å². The molecular formula is C26H25ClN2O4. The monoisotopic (exact) mass is 464 g/mol. The van der Waals surface area contributed by atoms with Gasteiger partial charge in [-0.1, -0.05) is 60.1 Å². The van der Waals surface area contributed by atoms with Crippen molar-refractivity contribution in [3.8, 4) is 11.1 Å². The highest BCUT2D eigenvalue weighted by Gasteiger charge is 2.19. The molecule has 0 aliphatic rings. The molecule has 0 aromatic heterocycles. The highest BCUT2D eigenvalue weighted by molar-refractivity contribution is 6.30.